The highest BCUT2D eigenvalue weighted by Crippen LogP contribution is 2.40. The molecular weight excluding hydrogens is 456 g/mol. The third-order valence-corrected chi connectivity index (χ3v) is 4.92. The lowest BCUT2D eigenvalue weighted by Crippen LogP contribution is -2.08. The van der Waals surface area contributed by atoms with E-state index < -0.39 is 16.9 Å². The molecule has 0 saturated carbocycles. The van der Waals surface area contributed by atoms with Crippen molar-refractivity contribution in [1.29, 1.82) is 0 Å². The highest BCUT2D eigenvalue weighted by molar-refractivity contribution is 7.14. The number of halogens is 4. The van der Waals surface area contributed by atoms with Crippen LogP contribution in [0.1, 0.15) is 19.4 Å². The lowest BCUT2D eigenvalue weighted by molar-refractivity contribution is -0.138. The highest BCUT2D eigenvalue weighted by atomic mass is 32.1. The van der Waals surface area contributed by atoms with Gasteiger partial charge in [-0.15, -0.1) is 0 Å². The quantitative estimate of drug-likeness (QED) is 0.230. The van der Waals surface area contributed by atoms with Gasteiger partial charge in [0.1, 0.15) is 22.8 Å². The number of nitrogen functional groups attached to an aromatic ring is 1. The topological polar surface area (TPSA) is 73.1 Å². The number of nitrogens with one attached hydrogen (secondary N) is 1. The molecule has 0 saturated heterocycles. The summed E-state index contributed by atoms with van der Waals surface area (Å²) in [5.41, 5.74) is 5.68. The van der Waals surface area contributed by atoms with Crippen molar-refractivity contribution < 1.29 is 22.3 Å². The standard InChI is InChI=1S/C21H14F4N4OS.C2H6/c22-19-18(12-2-1-9-27-11-12)29-20(31-19)28-14-5-8-17(16(10-14)21(23,24)25)30-15-6-3-13(26)4-7-15;1-2/h1-11H,26H2,(H,28,29);1-2H3. The molecule has 4 rings (SSSR count). The monoisotopic (exact) mass is 476 g/mol. The van der Waals surface area contributed by atoms with E-state index in [4.69, 9.17) is 10.5 Å². The maximum absolute atomic E-state index is 14.3. The average molecular weight is 476 g/mol. The van der Waals surface area contributed by atoms with Crippen LogP contribution < -0.4 is 15.8 Å². The van der Waals surface area contributed by atoms with Crippen molar-refractivity contribution in [2.24, 2.45) is 0 Å². The first-order valence-corrected chi connectivity index (χ1v) is 10.7. The number of pyridine rings is 1. The van der Waals surface area contributed by atoms with Crippen LogP contribution in [0.2, 0.25) is 0 Å². The van der Waals surface area contributed by atoms with Crippen LogP contribution >= 0.6 is 11.3 Å². The summed E-state index contributed by atoms with van der Waals surface area (Å²) in [6.45, 7) is 4.00. The Kier molecular flexibility index (Phi) is 7.49. The lowest BCUT2D eigenvalue weighted by atomic mass is 10.1. The maximum Gasteiger partial charge on any atom is 0.420 e. The van der Waals surface area contributed by atoms with E-state index in [1.807, 2.05) is 13.8 Å². The predicted octanol–water partition coefficient (Wildman–Crippen LogP) is 7.51. The smallest absolute Gasteiger partial charge is 0.420 e. The Labute approximate surface area is 191 Å². The average Bonchev–Trinajstić information content (AvgIpc) is 3.17. The molecule has 5 nitrogen and oxygen atoms in total. The van der Waals surface area contributed by atoms with Crippen LogP contribution in [0.15, 0.2) is 67.0 Å². The molecule has 0 atom stereocenters. The number of hydrogen-bond acceptors (Lipinski definition) is 6. The molecule has 10 heteroatoms. The second-order valence-corrected chi connectivity index (χ2v) is 7.34. The first-order chi connectivity index (χ1) is 15.8. The minimum atomic E-state index is -4.67. The molecule has 2 aromatic carbocycles. The highest BCUT2D eigenvalue weighted by Gasteiger charge is 2.35. The summed E-state index contributed by atoms with van der Waals surface area (Å²) in [4.78, 5) is 8.05. The lowest BCUT2D eigenvalue weighted by Gasteiger charge is -2.15. The van der Waals surface area contributed by atoms with Crippen LogP contribution in [-0.2, 0) is 6.18 Å². The second-order valence-electron chi connectivity index (χ2n) is 6.39. The van der Waals surface area contributed by atoms with E-state index in [9.17, 15) is 17.6 Å². The summed E-state index contributed by atoms with van der Waals surface area (Å²) < 4.78 is 60.5. The number of hydrogen-bond donors (Lipinski definition) is 2. The zero-order chi connectivity index (χ0) is 24.0. The molecule has 0 amide bonds. The van der Waals surface area contributed by atoms with Gasteiger partial charge in [0.15, 0.2) is 5.13 Å². The van der Waals surface area contributed by atoms with Crippen molar-refractivity contribution in [2.45, 2.75) is 20.0 Å². The molecule has 0 fully saturated rings. The number of alkyl halides is 3. The van der Waals surface area contributed by atoms with E-state index in [0.717, 1.165) is 6.07 Å². The fraction of sp³-hybridized carbons (Fsp3) is 0.130. The summed E-state index contributed by atoms with van der Waals surface area (Å²) in [6.07, 6.45) is -1.68. The minimum absolute atomic E-state index is 0.0694. The Bertz CT molecular complexity index is 1200. The Hall–Kier alpha value is -3.66. The number of benzene rings is 2. The van der Waals surface area contributed by atoms with Gasteiger partial charge in [0.05, 0.1) is 0 Å². The number of rotatable bonds is 5. The van der Waals surface area contributed by atoms with Crippen molar-refractivity contribution in [2.75, 3.05) is 11.1 Å². The van der Waals surface area contributed by atoms with E-state index in [-0.39, 0.29) is 28.0 Å². The fourth-order valence-corrected chi connectivity index (χ4v) is 3.48. The molecule has 172 valence electrons. The molecule has 0 radical (unpaired) electrons. The Balaban J connectivity index is 0.00000149. The molecule has 2 heterocycles. The largest absolute Gasteiger partial charge is 0.457 e. The first kappa shape index (κ1) is 24.0. The number of nitrogens with two attached hydrogens (primary N) is 1. The summed E-state index contributed by atoms with van der Waals surface area (Å²) in [5.74, 6) is -0.160. The van der Waals surface area contributed by atoms with Gasteiger partial charge in [-0.05, 0) is 54.6 Å². The van der Waals surface area contributed by atoms with Crippen LogP contribution in [0.5, 0.6) is 11.5 Å². The van der Waals surface area contributed by atoms with Crippen molar-refractivity contribution >= 4 is 27.8 Å². The molecule has 33 heavy (non-hydrogen) atoms. The predicted molar refractivity (Wildman–Crippen MR) is 122 cm³/mol. The van der Waals surface area contributed by atoms with Gasteiger partial charge in [-0.3, -0.25) is 4.98 Å². The molecule has 0 unspecified atom stereocenters. The van der Waals surface area contributed by atoms with Crippen LogP contribution in [-0.4, -0.2) is 9.97 Å². The third kappa shape index (κ3) is 5.98. The summed E-state index contributed by atoms with van der Waals surface area (Å²) in [6, 6.07) is 12.7. The van der Waals surface area contributed by atoms with Gasteiger partial charge < -0.3 is 15.8 Å². The zero-order valence-electron chi connectivity index (χ0n) is 17.7. The molecular formula is C23H20F4N4OS. The van der Waals surface area contributed by atoms with Crippen LogP contribution in [0, 0.1) is 5.13 Å². The molecule has 2 aromatic heterocycles. The van der Waals surface area contributed by atoms with Crippen molar-refractivity contribution in [3.8, 4) is 22.8 Å². The molecule has 3 N–H and O–H groups in total. The van der Waals surface area contributed by atoms with Gasteiger partial charge in [0, 0.05) is 29.3 Å². The van der Waals surface area contributed by atoms with Crippen molar-refractivity contribution in [3.05, 3.63) is 77.7 Å². The van der Waals surface area contributed by atoms with Gasteiger partial charge in [-0.1, -0.05) is 25.2 Å². The molecule has 0 aliphatic rings. The Morgan fingerprint density at radius 1 is 1.03 bits per heavy atom. The fourth-order valence-electron chi connectivity index (χ4n) is 2.74. The summed E-state index contributed by atoms with van der Waals surface area (Å²) in [7, 11) is 0. The molecule has 0 bridgehead atoms. The first-order valence-electron chi connectivity index (χ1n) is 9.88. The van der Waals surface area contributed by atoms with Gasteiger partial charge >= 0.3 is 6.18 Å². The summed E-state index contributed by atoms with van der Waals surface area (Å²) >= 11 is 0.685. The number of ether oxygens (including phenoxy) is 1. The van der Waals surface area contributed by atoms with E-state index in [1.165, 1.54) is 42.6 Å². The van der Waals surface area contributed by atoms with E-state index >= 15 is 0 Å². The van der Waals surface area contributed by atoms with Gasteiger partial charge in [0.25, 0.3) is 0 Å². The summed E-state index contributed by atoms with van der Waals surface area (Å²) in [5, 5.41) is 2.25. The van der Waals surface area contributed by atoms with Gasteiger partial charge in [-0.25, -0.2) is 4.98 Å². The number of aromatic nitrogens is 2. The number of anilines is 3. The van der Waals surface area contributed by atoms with Gasteiger partial charge in [0.2, 0.25) is 5.13 Å². The molecule has 0 spiro atoms. The SMILES string of the molecule is CC.Nc1ccc(Oc2ccc(Nc3nc(-c4cccnc4)c(F)s3)cc2C(F)(F)F)cc1. The van der Waals surface area contributed by atoms with Crippen LogP contribution in [0.4, 0.5) is 34.1 Å². The van der Waals surface area contributed by atoms with Crippen molar-refractivity contribution in [3.63, 3.8) is 0 Å². The van der Waals surface area contributed by atoms with Crippen molar-refractivity contribution in [1.82, 2.24) is 9.97 Å². The van der Waals surface area contributed by atoms with Gasteiger partial charge in [-0.2, -0.15) is 17.6 Å². The molecule has 4 aromatic rings. The normalized spacial score (nSPS) is 10.8. The minimum Gasteiger partial charge on any atom is -0.457 e. The number of thiazole rings is 1. The molecule has 0 aliphatic carbocycles. The van der Waals surface area contributed by atoms with Crippen LogP contribution in [0.25, 0.3) is 11.3 Å². The third-order valence-electron chi connectivity index (χ3n) is 4.16. The van der Waals surface area contributed by atoms with E-state index in [1.54, 1.807) is 18.3 Å². The Morgan fingerprint density at radius 2 is 1.76 bits per heavy atom. The maximum atomic E-state index is 14.3. The zero-order valence-corrected chi connectivity index (χ0v) is 18.5. The van der Waals surface area contributed by atoms with Crippen LogP contribution in [0.3, 0.4) is 0 Å². The second kappa shape index (κ2) is 10.3. The Morgan fingerprint density at radius 3 is 2.39 bits per heavy atom. The van der Waals surface area contributed by atoms with E-state index in [2.05, 4.69) is 15.3 Å². The van der Waals surface area contributed by atoms with E-state index in [0.29, 0.717) is 22.6 Å². The molecule has 0 aliphatic heterocycles. The number of nitrogens with zero attached hydrogens (tertiary/aromatic N) is 2.